The fraction of sp³-hybridized carbons (Fsp3) is 0.174. The number of methoxy groups -OCH3 is 2. The Morgan fingerprint density at radius 3 is 2.04 bits per heavy atom. The molecular formula is C23H21NO4. The Labute approximate surface area is 163 Å². The molecule has 2 atom stereocenters. The molecule has 0 fully saturated rings. The second kappa shape index (κ2) is 7.02. The quantitative estimate of drug-likeness (QED) is 0.733. The van der Waals surface area contributed by atoms with E-state index >= 15 is 0 Å². The topological polar surface area (TPSA) is 67.8 Å². The van der Waals surface area contributed by atoms with Crippen molar-refractivity contribution in [2.75, 3.05) is 14.2 Å². The molecule has 1 heterocycles. The van der Waals surface area contributed by atoms with Gasteiger partial charge in [0.15, 0.2) is 0 Å². The molecule has 0 aromatic heterocycles. The molecule has 0 aliphatic carbocycles. The van der Waals surface area contributed by atoms with Crippen LogP contribution >= 0.6 is 0 Å². The lowest BCUT2D eigenvalue weighted by Gasteiger charge is -2.42. The molecule has 142 valence electrons. The number of hydrogen-bond donors (Lipinski definition) is 2. The van der Waals surface area contributed by atoms with E-state index in [1.807, 2.05) is 42.5 Å². The first-order chi connectivity index (χ1) is 13.6. The molecule has 1 aliphatic rings. The highest BCUT2D eigenvalue weighted by Crippen LogP contribution is 2.45. The zero-order valence-electron chi connectivity index (χ0n) is 15.7. The number of hydrogen-bond acceptors (Lipinski definition) is 4. The molecule has 4 rings (SSSR count). The number of benzene rings is 3. The van der Waals surface area contributed by atoms with E-state index < -0.39 is 11.6 Å². The lowest BCUT2D eigenvalue weighted by atomic mass is 9.73. The number of carbonyl (C=O) groups is 1. The molecular weight excluding hydrogens is 354 g/mol. The number of nitrogens with one attached hydrogen (secondary N) is 1. The van der Waals surface area contributed by atoms with Crippen LogP contribution in [0.4, 0.5) is 0 Å². The molecule has 0 unspecified atom stereocenters. The highest BCUT2D eigenvalue weighted by Gasteiger charge is 2.47. The van der Waals surface area contributed by atoms with Gasteiger partial charge in [0.25, 0.3) is 5.91 Å². The minimum Gasteiger partial charge on any atom is -0.497 e. The van der Waals surface area contributed by atoms with E-state index in [0.29, 0.717) is 28.2 Å². The summed E-state index contributed by atoms with van der Waals surface area (Å²) in [4.78, 5) is 12.7. The van der Waals surface area contributed by atoms with E-state index in [1.54, 1.807) is 44.6 Å². The molecule has 0 saturated carbocycles. The molecule has 2 N–H and O–H groups in total. The Bertz CT molecular complexity index is 998. The number of fused-ring (bicyclic) bond motifs is 1. The van der Waals surface area contributed by atoms with Crippen molar-refractivity contribution in [1.29, 1.82) is 0 Å². The standard InChI is InChI=1S/C23H21NO4/c1-27-17-11-7-15(8-12-17)21-23(26,16-9-13-18(28-2)14-10-16)20-6-4-3-5-19(20)22(25)24-21/h3-14,21,26H,1-2H3,(H,24,25)/t21-,23-/m1/s1. The number of amides is 1. The van der Waals surface area contributed by atoms with Gasteiger partial charge in [-0.3, -0.25) is 4.79 Å². The number of carbonyl (C=O) groups excluding carboxylic acids is 1. The van der Waals surface area contributed by atoms with Crippen LogP contribution in [0.2, 0.25) is 0 Å². The average Bonchev–Trinajstić information content (AvgIpc) is 2.76. The summed E-state index contributed by atoms with van der Waals surface area (Å²) in [5.41, 5.74) is 1.05. The fourth-order valence-corrected chi connectivity index (χ4v) is 3.77. The maximum atomic E-state index is 12.7. The molecule has 0 bridgehead atoms. The Kier molecular flexibility index (Phi) is 4.53. The van der Waals surface area contributed by atoms with E-state index in [-0.39, 0.29) is 5.91 Å². The van der Waals surface area contributed by atoms with E-state index in [2.05, 4.69) is 5.32 Å². The van der Waals surface area contributed by atoms with Crippen LogP contribution in [-0.4, -0.2) is 25.2 Å². The monoisotopic (exact) mass is 375 g/mol. The van der Waals surface area contributed by atoms with Crippen LogP contribution in [-0.2, 0) is 5.60 Å². The highest BCUT2D eigenvalue weighted by atomic mass is 16.5. The second-order valence-electron chi connectivity index (χ2n) is 6.72. The molecule has 1 amide bonds. The summed E-state index contributed by atoms with van der Waals surface area (Å²) in [7, 11) is 3.20. The molecule has 5 nitrogen and oxygen atoms in total. The van der Waals surface area contributed by atoms with Gasteiger partial charge in [0, 0.05) is 11.1 Å². The predicted molar refractivity (Wildman–Crippen MR) is 106 cm³/mol. The molecule has 5 heteroatoms. The van der Waals surface area contributed by atoms with Crippen LogP contribution in [0.25, 0.3) is 0 Å². The Hall–Kier alpha value is -3.31. The molecule has 0 radical (unpaired) electrons. The second-order valence-corrected chi connectivity index (χ2v) is 6.72. The molecule has 28 heavy (non-hydrogen) atoms. The molecule has 0 saturated heterocycles. The third-order valence-electron chi connectivity index (χ3n) is 5.25. The summed E-state index contributed by atoms with van der Waals surface area (Å²) in [6, 6.07) is 21.1. The van der Waals surface area contributed by atoms with Crippen LogP contribution in [0.3, 0.4) is 0 Å². The van der Waals surface area contributed by atoms with Gasteiger partial charge in [0.2, 0.25) is 0 Å². The van der Waals surface area contributed by atoms with Crippen molar-refractivity contribution in [3.05, 3.63) is 95.1 Å². The van der Waals surface area contributed by atoms with Crippen molar-refractivity contribution in [2.24, 2.45) is 0 Å². The highest BCUT2D eigenvalue weighted by molar-refractivity contribution is 5.98. The van der Waals surface area contributed by atoms with Crippen LogP contribution in [0, 0.1) is 0 Å². The summed E-state index contributed by atoms with van der Waals surface area (Å²) >= 11 is 0. The first kappa shape index (κ1) is 18.1. The summed E-state index contributed by atoms with van der Waals surface area (Å²) in [6.45, 7) is 0. The van der Waals surface area contributed by atoms with Crippen LogP contribution in [0.15, 0.2) is 72.8 Å². The van der Waals surface area contributed by atoms with Gasteiger partial charge in [-0.25, -0.2) is 0 Å². The van der Waals surface area contributed by atoms with Gasteiger partial charge in [-0.1, -0.05) is 42.5 Å². The van der Waals surface area contributed by atoms with Crippen molar-refractivity contribution in [3.63, 3.8) is 0 Å². The van der Waals surface area contributed by atoms with Crippen molar-refractivity contribution in [1.82, 2.24) is 5.32 Å². The average molecular weight is 375 g/mol. The van der Waals surface area contributed by atoms with E-state index in [0.717, 1.165) is 5.56 Å². The SMILES string of the molecule is COc1ccc([C@H]2NC(=O)c3ccccc3[C@]2(O)c2ccc(OC)cc2)cc1. The van der Waals surface area contributed by atoms with Gasteiger partial charge in [0.1, 0.15) is 17.1 Å². The van der Waals surface area contributed by atoms with Gasteiger partial charge >= 0.3 is 0 Å². The van der Waals surface area contributed by atoms with Crippen LogP contribution in [0.5, 0.6) is 11.5 Å². The maximum Gasteiger partial charge on any atom is 0.252 e. The summed E-state index contributed by atoms with van der Waals surface area (Å²) in [6.07, 6.45) is 0. The third kappa shape index (κ3) is 2.80. The van der Waals surface area contributed by atoms with E-state index in [4.69, 9.17) is 9.47 Å². The van der Waals surface area contributed by atoms with Gasteiger partial charge in [0.05, 0.1) is 20.3 Å². The zero-order chi connectivity index (χ0) is 19.7. The Morgan fingerprint density at radius 1 is 0.857 bits per heavy atom. The molecule has 3 aromatic carbocycles. The number of aliphatic hydroxyl groups is 1. The summed E-state index contributed by atoms with van der Waals surface area (Å²) in [5, 5.41) is 15.0. The molecule has 1 aliphatic heterocycles. The van der Waals surface area contributed by atoms with Gasteiger partial charge in [-0.2, -0.15) is 0 Å². The number of rotatable bonds is 4. The largest absolute Gasteiger partial charge is 0.497 e. The fourth-order valence-electron chi connectivity index (χ4n) is 3.77. The zero-order valence-corrected chi connectivity index (χ0v) is 15.7. The lowest BCUT2D eigenvalue weighted by molar-refractivity contribution is 0.0256. The number of ether oxygens (including phenoxy) is 2. The minimum atomic E-state index is -1.44. The minimum absolute atomic E-state index is 0.213. The molecule has 3 aromatic rings. The Balaban J connectivity index is 1.91. The van der Waals surface area contributed by atoms with Gasteiger partial charge in [-0.15, -0.1) is 0 Å². The van der Waals surface area contributed by atoms with Crippen LogP contribution in [0.1, 0.15) is 33.1 Å². The summed E-state index contributed by atoms with van der Waals surface area (Å²) < 4.78 is 10.5. The predicted octanol–water partition coefficient (Wildman–Crippen LogP) is 3.42. The van der Waals surface area contributed by atoms with Gasteiger partial charge < -0.3 is 19.9 Å². The van der Waals surface area contributed by atoms with Crippen molar-refractivity contribution in [2.45, 2.75) is 11.6 Å². The van der Waals surface area contributed by atoms with Crippen molar-refractivity contribution >= 4 is 5.91 Å². The first-order valence-electron chi connectivity index (χ1n) is 8.99. The normalized spacial score (nSPS) is 20.8. The molecule has 0 spiro atoms. The lowest BCUT2D eigenvalue weighted by Crippen LogP contribution is -2.50. The van der Waals surface area contributed by atoms with E-state index in [1.165, 1.54) is 0 Å². The van der Waals surface area contributed by atoms with Gasteiger partial charge in [-0.05, 0) is 41.5 Å². The van der Waals surface area contributed by atoms with Crippen LogP contribution < -0.4 is 14.8 Å². The third-order valence-corrected chi connectivity index (χ3v) is 5.25. The van der Waals surface area contributed by atoms with Crippen molar-refractivity contribution < 1.29 is 19.4 Å². The Morgan fingerprint density at radius 2 is 1.43 bits per heavy atom. The van der Waals surface area contributed by atoms with Crippen molar-refractivity contribution in [3.8, 4) is 11.5 Å². The smallest absolute Gasteiger partial charge is 0.252 e. The first-order valence-corrected chi connectivity index (χ1v) is 8.99. The van der Waals surface area contributed by atoms with E-state index in [9.17, 15) is 9.90 Å². The maximum absolute atomic E-state index is 12.7. The summed E-state index contributed by atoms with van der Waals surface area (Å²) in [5.74, 6) is 1.19.